The Bertz CT molecular complexity index is 629. The fraction of sp³-hybridized carbons (Fsp3) is 0.696. The molecule has 5 nitrogen and oxygen atoms in total. The van der Waals surface area contributed by atoms with Gasteiger partial charge in [0.2, 0.25) is 0 Å². The van der Waals surface area contributed by atoms with Crippen LogP contribution < -0.4 is 20.7 Å². The molecule has 0 saturated carbocycles. The number of urea groups is 1. The van der Waals surface area contributed by atoms with Crippen LogP contribution in [0.5, 0.6) is 5.75 Å². The van der Waals surface area contributed by atoms with Crippen LogP contribution in [0.3, 0.4) is 0 Å². The topological polar surface area (TPSA) is 62.4 Å². The molecule has 1 aliphatic heterocycles. The molecule has 5 heteroatoms. The smallest absolute Gasteiger partial charge is 0.315 e. The molecule has 1 heterocycles. The van der Waals surface area contributed by atoms with E-state index in [-0.39, 0.29) is 28.6 Å². The first kappa shape index (κ1) is 22.5. The van der Waals surface area contributed by atoms with Gasteiger partial charge in [-0.25, -0.2) is 4.79 Å². The lowest BCUT2D eigenvalue weighted by Crippen LogP contribution is -2.62. The fourth-order valence-corrected chi connectivity index (χ4v) is 4.18. The second-order valence-electron chi connectivity index (χ2n) is 10.4. The summed E-state index contributed by atoms with van der Waals surface area (Å²) in [7, 11) is 0. The van der Waals surface area contributed by atoms with E-state index in [9.17, 15) is 4.79 Å². The maximum absolute atomic E-state index is 12.2. The van der Waals surface area contributed by atoms with E-state index in [2.05, 4.69) is 76.5 Å². The molecule has 158 valence electrons. The number of amides is 2. The third-order valence-electron chi connectivity index (χ3n) is 5.12. The van der Waals surface area contributed by atoms with Gasteiger partial charge in [-0.2, -0.15) is 0 Å². The number of ether oxygens (including phenoxy) is 1. The van der Waals surface area contributed by atoms with Crippen LogP contribution in [0.15, 0.2) is 24.3 Å². The molecule has 0 aromatic heterocycles. The monoisotopic (exact) mass is 389 g/mol. The van der Waals surface area contributed by atoms with Crippen LogP contribution in [-0.2, 0) is 5.41 Å². The largest absolute Gasteiger partial charge is 0.494 e. The summed E-state index contributed by atoms with van der Waals surface area (Å²) in [4.78, 5) is 12.2. The van der Waals surface area contributed by atoms with E-state index >= 15 is 0 Å². The number of hydrogen-bond donors (Lipinski definition) is 3. The van der Waals surface area contributed by atoms with Crippen LogP contribution in [0, 0.1) is 0 Å². The van der Waals surface area contributed by atoms with Gasteiger partial charge in [0.1, 0.15) is 5.75 Å². The van der Waals surface area contributed by atoms with Crippen molar-refractivity contribution < 1.29 is 9.53 Å². The minimum Gasteiger partial charge on any atom is -0.494 e. The first-order valence-electron chi connectivity index (χ1n) is 10.4. The average molecular weight is 390 g/mol. The molecule has 0 spiro atoms. The predicted octanol–water partition coefficient (Wildman–Crippen LogP) is 4.36. The SMILES string of the molecule is CC1(C)CC(NC(=O)NCCCOc2ccc(C(C)(C)C)cc2)CC(C)(C)N1. The Morgan fingerprint density at radius 2 is 1.68 bits per heavy atom. The van der Waals surface area contributed by atoms with Crippen LogP contribution in [0.2, 0.25) is 0 Å². The third kappa shape index (κ3) is 7.34. The van der Waals surface area contributed by atoms with E-state index in [1.165, 1.54) is 5.56 Å². The summed E-state index contributed by atoms with van der Waals surface area (Å²) in [6, 6.07) is 8.35. The van der Waals surface area contributed by atoms with Crippen molar-refractivity contribution in [2.45, 2.75) is 90.3 Å². The van der Waals surface area contributed by atoms with Gasteiger partial charge in [0.15, 0.2) is 0 Å². The number of piperidine rings is 1. The Morgan fingerprint density at radius 3 is 2.21 bits per heavy atom. The molecule has 1 aromatic carbocycles. The summed E-state index contributed by atoms with van der Waals surface area (Å²) in [6.07, 6.45) is 2.63. The number of hydrogen-bond acceptors (Lipinski definition) is 3. The van der Waals surface area contributed by atoms with Crippen molar-refractivity contribution in [1.82, 2.24) is 16.0 Å². The Hall–Kier alpha value is -1.75. The van der Waals surface area contributed by atoms with Gasteiger partial charge in [-0.15, -0.1) is 0 Å². The minimum absolute atomic E-state index is 0.0239. The number of nitrogens with one attached hydrogen (secondary N) is 3. The van der Waals surface area contributed by atoms with E-state index in [4.69, 9.17) is 4.74 Å². The second kappa shape index (κ2) is 8.73. The molecule has 0 atom stereocenters. The first-order valence-corrected chi connectivity index (χ1v) is 10.4. The molecule has 2 amide bonds. The molecular formula is C23H39N3O2. The van der Waals surface area contributed by atoms with Crippen LogP contribution in [0.1, 0.15) is 73.3 Å². The molecule has 0 radical (unpaired) electrons. The predicted molar refractivity (Wildman–Crippen MR) is 116 cm³/mol. The van der Waals surface area contributed by atoms with Crippen molar-refractivity contribution in [3.8, 4) is 5.75 Å². The quantitative estimate of drug-likeness (QED) is 0.634. The number of carbonyl (C=O) groups is 1. The van der Waals surface area contributed by atoms with Crippen LogP contribution in [0.25, 0.3) is 0 Å². The van der Waals surface area contributed by atoms with Gasteiger partial charge in [0.25, 0.3) is 0 Å². The Balaban J connectivity index is 1.66. The van der Waals surface area contributed by atoms with Crippen LogP contribution in [-0.4, -0.2) is 36.3 Å². The van der Waals surface area contributed by atoms with Gasteiger partial charge in [-0.1, -0.05) is 32.9 Å². The lowest BCUT2D eigenvalue weighted by Gasteiger charge is -2.46. The Morgan fingerprint density at radius 1 is 1.11 bits per heavy atom. The highest BCUT2D eigenvalue weighted by molar-refractivity contribution is 5.74. The van der Waals surface area contributed by atoms with Crippen LogP contribution >= 0.6 is 0 Å². The van der Waals surface area contributed by atoms with E-state index in [1.807, 2.05) is 12.1 Å². The Labute approximate surface area is 171 Å². The molecule has 3 N–H and O–H groups in total. The Kier molecular flexibility index (Phi) is 7.02. The first-order chi connectivity index (χ1) is 12.9. The van der Waals surface area contributed by atoms with Crippen molar-refractivity contribution in [2.75, 3.05) is 13.2 Å². The maximum atomic E-state index is 12.2. The molecule has 1 saturated heterocycles. The molecule has 0 unspecified atom stereocenters. The van der Waals surface area contributed by atoms with Gasteiger partial charge in [-0.3, -0.25) is 0 Å². The fourth-order valence-electron chi connectivity index (χ4n) is 4.18. The molecule has 1 aliphatic rings. The second-order valence-corrected chi connectivity index (χ2v) is 10.4. The highest BCUT2D eigenvalue weighted by atomic mass is 16.5. The molecule has 1 aromatic rings. The third-order valence-corrected chi connectivity index (χ3v) is 5.12. The minimum atomic E-state index is -0.0898. The summed E-state index contributed by atoms with van der Waals surface area (Å²) in [5, 5.41) is 9.71. The summed E-state index contributed by atoms with van der Waals surface area (Å²) in [5.74, 6) is 0.872. The molecule has 0 aliphatic carbocycles. The van der Waals surface area contributed by atoms with Gasteiger partial charge >= 0.3 is 6.03 Å². The highest BCUT2D eigenvalue weighted by Gasteiger charge is 2.38. The van der Waals surface area contributed by atoms with E-state index in [1.54, 1.807) is 0 Å². The molecule has 0 bridgehead atoms. The van der Waals surface area contributed by atoms with Gasteiger partial charge in [-0.05, 0) is 70.1 Å². The highest BCUT2D eigenvalue weighted by Crippen LogP contribution is 2.28. The molecular weight excluding hydrogens is 350 g/mol. The number of rotatable bonds is 6. The normalized spacial score (nSPS) is 19.1. The zero-order valence-corrected chi connectivity index (χ0v) is 18.7. The summed E-state index contributed by atoms with van der Waals surface area (Å²) < 4.78 is 5.78. The lowest BCUT2D eigenvalue weighted by atomic mass is 9.80. The summed E-state index contributed by atoms with van der Waals surface area (Å²) in [5.41, 5.74) is 1.49. The summed E-state index contributed by atoms with van der Waals surface area (Å²) >= 11 is 0. The van der Waals surface area contributed by atoms with Gasteiger partial charge in [0.05, 0.1) is 6.61 Å². The van der Waals surface area contributed by atoms with E-state index in [0.29, 0.717) is 13.2 Å². The zero-order valence-electron chi connectivity index (χ0n) is 18.7. The lowest BCUT2D eigenvalue weighted by molar-refractivity contribution is 0.147. The van der Waals surface area contributed by atoms with E-state index < -0.39 is 0 Å². The molecule has 2 rings (SSSR count). The zero-order chi connectivity index (χ0) is 21.0. The van der Waals surface area contributed by atoms with Crippen molar-refractivity contribution in [2.24, 2.45) is 0 Å². The number of benzene rings is 1. The van der Waals surface area contributed by atoms with Gasteiger partial charge in [0, 0.05) is 23.7 Å². The maximum Gasteiger partial charge on any atom is 0.315 e. The standard InChI is InChI=1S/C23H39N3O2/c1-21(2,3)17-9-11-19(12-10-17)28-14-8-13-24-20(27)25-18-15-22(4,5)26-23(6,7)16-18/h9-12,18,26H,8,13-16H2,1-7H3,(H2,24,25,27). The van der Waals surface area contributed by atoms with Crippen molar-refractivity contribution in [1.29, 1.82) is 0 Å². The number of carbonyl (C=O) groups excluding carboxylic acids is 1. The van der Waals surface area contributed by atoms with Crippen molar-refractivity contribution in [3.63, 3.8) is 0 Å². The average Bonchev–Trinajstić information content (AvgIpc) is 2.51. The molecule has 1 fully saturated rings. The molecule has 28 heavy (non-hydrogen) atoms. The van der Waals surface area contributed by atoms with Gasteiger partial charge < -0.3 is 20.7 Å². The van der Waals surface area contributed by atoms with Crippen molar-refractivity contribution >= 4 is 6.03 Å². The summed E-state index contributed by atoms with van der Waals surface area (Å²) in [6.45, 7) is 16.5. The van der Waals surface area contributed by atoms with Crippen molar-refractivity contribution in [3.05, 3.63) is 29.8 Å². The van der Waals surface area contributed by atoms with Crippen LogP contribution in [0.4, 0.5) is 4.79 Å². The van der Waals surface area contributed by atoms with E-state index in [0.717, 1.165) is 25.0 Å².